The van der Waals surface area contributed by atoms with E-state index in [1.807, 2.05) is 36.4 Å². The number of aliphatic imine (C=N–C) groups is 2. The number of amidine groups is 1. The number of hydrazone groups is 1. The third-order valence-electron chi connectivity index (χ3n) is 3.27. The Morgan fingerprint density at radius 2 is 2.04 bits per heavy atom. The molecule has 0 aliphatic carbocycles. The van der Waals surface area contributed by atoms with E-state index in [0.717, 1.165) is 23.1 Å². The quantitative estimate of drug-likeness (QED) is 0.665. The van der Waals surface area contributed by atoms with Crippen LogP contribution >= 0.6 is 11.6 Å². The van der Waals surface area contributed by atoms with Crippen molar-refractivity contribution in [1.82, 2.24) is 5.43 Å². The van der Waals surface area contributed by atoms with Gasteiger partial charge in [0.25, 0.3) is 0 Å². The van der Waals surface area contributed by atoms with Crippen LogP contribution in [0.5, 0.6) is 0 Å². The Bertz CT molecular complexity index is 860. The van der Waals surface area contributed by atoms with E-state index in [1.54, 1.807) is 12.1 Å². The second-order valence-electron chi connectivity index (χ2n) is 4.96. The van der Waals surface area contributed by atoms with E-state index in [1.165, 1.54) is 0 Å². The summed E-state index contributed by atoms with van der Waals surface area (Å²) in [5.41, 5.74) is 5.84. The molecule has 0 fully saturated rings. The number of rotatable bonds is 3. The van der Waals surface area contributed by atoms with Gasteiger partial charge in [-0.2, -0.15) is 5.10 Å². The Hall–Kier alpha value is -2.99. The number of nitrogens with one attached hydrogen (secondary N) is 1. The molecular weight excluding hydrogens is 328 g/mol. The summed E-state index contributed by atoms with van der Waals surface area (Å²) in [6, 6.07) is 15.1. The lowest BCUT2D eigenvalue weighted by Crippen LogP contribution is -2.21. The summed E-state index contributed by atoms with van der Waals surface area (Å²) < 4.78 is 0. The third-order valence-corrected chi connectivity index (χ3v) is 3.51. The Labute approximate surface area is 143 Å². The molecular formula is C17H13ClN4O2. The van der Waals surface area contributed by atoms with Crippen LogP contribution in [0.25, 0.3) is 0 Å². The zero-order valence-corrected chi connectivity index (χ0v) is 13.2. The zero-order chi connectivity index (χ0) is 16.9. The fraction of sp³-hybridized carbons (Fsp3) is 0.0588. The second-order valence-corrected chi connectivity index (χ2v) is 5.40. The lowest BCUT2D eigenvalue weighted by atomic mass is 10.0. The highest BCUT2D eigenvalue weighted by Crippen LogP contribution is 2.28. The predicted octanol–water partition coefficient (Wildman–Crippen LogP) is 2.88. The van der Waals surface area contributed by atoms with Gasteiger partial charge in [-0.15, -0.1) is 0 Å². The molecule has 1 aliphatic rings. The first kappa shape index (κ1) is 15.9. The second kappa shape index (κ2) is 7.06. The maximum absolute atomic E-state index is 10.5. The van der Waals surface area contributed by atoms with Crippen LogP contribution in [0.3, 0.4) is 0 Å². The SMILES string of the molecule is O=C(O)/C=N\NC1=Nc2ccc(Cl)cc2C(c2ccccc2)=NC1. The molecule has 1 heterocycles. The number of halogens is 1. The summed E-state index contributed by atoms with van der Waals surface area (Å²) in [5, 5.41) is 12.8. The molecule has 3 rings (SSSR count). The standard InChI is InChI=1S/C17H13ClN4O2/c18-12-6-7-14-13(8-12)17(11-4-2-1-3-5-11)19-9-15(21-14)22-20-10-16(23)24/h1-8,10H,9H2,(H,21,22)(H,23,24)/b20-10-. The van der Waals surface area contributed by atoms with Crippen molar-refractivity contribution in [3.63, 3.8) is 0 Å². The van der Waals surface area contributed by atoms with Gasteiger partial charge in [0, 0.05) is 16.1 Å². The van der Waals surface area contributed by atoms with Crippen LogP contribution in [-0.2, 0) is 4.79 Å². The number of hydrogen-bond donors (Lipinski definition) is 2. The van der Waals surface area contributed by atoms with Crippen molar-refractivity contribution in [2.24, 2.45) is 15.1 Å². The van der Waals surface area contributed by atoms with Gasteiger partial charge in [0.05, 0.1) is 17.9 Å². The molecule has 1 aliphatic heterocycles. The molecule has 0 saturated carbocycles. The lowest BCUT2D eigenvalue weighted by molar-refractivity contribution is -0.128. The molecule has 2 aromatic carbocycles. The van der Waals surface area contributed by atoms with Crippen molar-refractivity contribution in [2.75, 3.05) is 6.54 Å². The van der Waals surface area contributed by atoms with E-state index < -0.39 is 5.97 Å². The topological polar surface area (TPSA) is 86.4 Å². The predicted molar refractivity (Wildman–Crippen MR) is 94.8 cm³/mol. The Morgan fingerprint density at radius 1 is 1.25 bits per heavy atom. The summed E-state index contributed by atoms with van der Waals surface area (Å²) in [5.74, 6) is -0.695. The molecule has 0 radical (unpaired) electrons. The van der Waals surface area contributed by atoms with Crippen LogP contribution in [-0.4, -0.2) is 35.4 Å². The van der Waals surface area contributed by atoms with E-state index in [4.69, 9.17) is 16.7 Å². The first-order chi connectivity index (χ1) is 11.6. The molecule has 0 bridgehead atoms. The minimum absolute atomic E-state index is 0.244. The van der Waals surface area contributed by atoms with Gasteiger partial charge in [-0.1, -0.05) is 41.9 Å². The molecule has 7 heteroatoms. The number of carboxylic acid groups (broad SMARTS) is 1. The van der Waals surface area contributed by atoms with Gasteiger partial charge in [-0.3, -0.25) is 10.4 Å². The highest BCUT2D eigenvalue weighted by molar-refractivity contribution is 6.31. The van der Waals surface area contributed by atoms with Crippen LogP contribution in [0.2, 0.25) is 5.02 Å². The van der Waals surface area contributed by atoms with E-state index in [-0.39, 0.29) is 6.54 Å². The Kier molecular flexibility index (Phi) is 4.67. The molecule has 0 unspecified atom stereocenters. The normalized spacial score (nSPS) is 13.7. The first-order valence-electron chi connectivity index (χ1n) is 7.13. The number of aliphatic carboxylic acids is 1. The van der Waals surface area contributed by atoms with Gasteiger partial charge in [0.15, 0.2) is 0 Å². The monoisotopic (exact) mass is 340 g/mol. The van der Waals surface area contributed by atoms with Gasteiger partial charge in [-0.05, 0) is 18.2 Å². The molecule has 0 amide bonds. The van der Waals surface area contributed by atoms with Gasteiger partial charge in [0.1, 0.15) is 12.1 Å². The molecule has 0 spiro atoms. The van der Waals surface area contributed by atoms with E-state index in [0.29, 0.717) is 16.5 Å². The summed E-state index contributed by atoms with van der Waals surface area (Å²) >= 11 is 6.13. The summed E-state index contributed by atoms with van der Waals surface area (Å²) in [7, 11) is 0. The molecule has 0 aromatic heterocycles. The van der Waals surface area contributed by atoms with E-state index in [2.05, 4.69) is 20.5 Å². The van der Waals surface area contributed by atoms with E-state index in [9.17, 15) is 4.79 Å². The van der Waals surface area contributed by atoms with Crippen molar-refractivity contribution >= 4 is 41.0 Å². The summed E-state index contributed by atoms with van der Waals surface area (Å²) in [6.45, 7) is 0.244. The van der Waals surface area contributed by atoms with Crippen molar-refractivity contribution < 1.29 is 9.90 Å². The number of fused-ring (bicyclic) bond motifs is 1. The van der Waals surface area contributed by atoms with Crippen LogP contribution in [0.15, 0.2) is 63.6 Å². The van der Waals surface area contributed by atoms with Crippen LogP contribution < -0.4 is 5.43 Å². The van der Waals surface area contributed by atoms with Crippen LogP contribution in [0, 0.1) is 0 Å². The molecule has 120 valence electrons. The Morgan fingerprint density at radius 3 is 2.79 bits per heavy atom. The highest BCUT2D eigenvalue weighted by atomic mass is 35.5. The number of hydrogen-bond acceptors (Lipinski definition) is 5. The summed E-state index contributed by atoms with van der Waals surface area (Å²) in [6.07, 6.45) is 0.762. The minimum atomic E-state index is -1.14. The number of nitrogens with zero attached hydrogens (tertiary/aromatic N) is 3. The Balaban J connectivity index is 2.02. The maximum atomic E-state index is 10.5. The van der Waals surface area contributed by atoms with Crippen molar-refractivity contribution in [2.45, 2.75) is 0 Å². The van der Waals surface area contributed by atoms with Crippen LogP contribution in [0.1, 0.15) is 11.1 Å². The smallest absolute Gasteiger partial charge is 0.348 e. The fourth-order valence-electron chi connectivity index (χ4n) is 2.28. The van der Waals surface area contributed by atoms with Crippen LogP contribution in [0.4, 0.5) is 5.69 Å². The average Bonchev–Trinajstić information content (AvgIpc) is 2.74. The first-order valence-corrected chi connectivity index (χ1v) is 7.50. The van der Waals surface area contributed by atoms with Gasteiger partial charge in [0.2, 0.25) is 0 Å². The highest BCUT2D eigenvalue weighted by Gasteiger charge is 2.16. The number of carboxylic acids is 1. The third kappa shape index (κ3) is 3.67. The molecule has 0 saturated heterocycles. The molecule has 0 atom stereocenters. The fourth-order valence-corrected chi connectivity index (χ4v) is 2.45. The number of carbonyl (C=O) groups is 1. The zero-order valence-electron chi connectivity index (χ0n) is 12.5. The molecule has 24 heavy (non-hydrogen) atoms. The minimum Gasteiger partial charge on any atom is -0.477 e. The maximum Gasteiger partial charge on any atom is 0.348 e. The van der Waals surface area contributed by atoms with E-state index >= 15 is 0 Å². The van der Waals surface area contributed by atoms with Gasteiger partial charge in [-0.25, -0.2) is 9.79 Å². The molecule has 6 nitrogen and oxygen atoms in total. The van der Waals surface area contributed by atoms with Crippen molar-refractivity contribution in [3.05, 3.63) is 64.7 Å². The number of benzene rings is 2. The van der Waals surface area contributed by atoms with Gasteiger partial charge >= 0.3 is 5.97 Å². The largest absolute Gasteiger partial charge is 0.477 e. The molecule has 2 aromatic rings. The lowest BCUT2D eigenvalue weighted by Gasteiger charge is -2.08. The average molecular weight is 341 g/mol. The van der Waals surface area contributed by atoms with Crippen molar-refractivity contribution in [3.8, 4) is 0 Å². The molecule has 2 N–H and O–H groups in total. The van der Waals surface area contributed by atoms with Crippen molar-refractivity contribution in [1.29, 1.82) is 0 Å². The van der Waals surface area contributed by atoms with Gasteiger partial charge < -0.3 is 5.11 Å². The summed E-state index contributed by atoms with van der Waals surface area (Å²) in [4.78, 5) is 19.6.